The van der Waals surface area contributed by atoms with Crippen molar-refractivity contribution in [2.75, 3.05) is 0 Å². The fourth-order valence-electron chi connectivity index (χ4n) is 3.12. The van der Waals surface area contributed by atoms with Crippen molar-refractivity contribution in [3.63, 3.8) is 0 Å². The zero-order valence-corrected chi connectivity index (χ0v) is 16.1. The van der Waals surface area contributed by atoms with Crippen molar-refractivity contribution in [1.29, 1.82) is 0 Å². The summed E-state index contributed by atoms with van der Waals surface area (Å²) in [5.74, 6) is 0.749. The Bertz CT molecular complexity index is 1150. The van der Waals surface area contributed by atoms with Crippen LogP contribution in [0.3, 0.4) is 0 Å². The lowest BCUT2D eigenvalue weighted by Gasteiger charge is -2.03. The van der Waals surface area contributed by atoms with E-state index in [1.54, 1.807) is 0 Å². The van der Waals surface area contributed by atoms with E-state index in [1.165, 1.54) is 11.1 Å². The smallest absolute Gasteiger partial charge is 0.187 e. The molecule has 0 radical (unpaired) electrons. The van der Waals surface area contributed by atoms with Gasteiger partial charge in [-0.1, -0.05) is 48.0 Å². The molecule has 134 valence electrons. The minimum Gasteiger partial charge on any atom is -0.282 e. The Labute approximate surface area is 159 Å². The molecule has 0 N–H and O–H groups in total. The number of imidazole rings is 1. The van der Waals surface area contributed by atoms with Gasteiger partial charge in [0.15, 0.2) is 5.82 Å². The second-order valence-corrected chi connectivity index (χ2v) is 7.02. The van der Waals surface area contributed by atoms with Crippen LogP contribution in [0.5, 0.6) is 0 Å². The van der Waals surface area contributed by atoms with Crippen molar-refractivity contribution in [1.82, 2.24) is 9.38 Å². The SMILES string of the molecule is Cc1ccc(-c2nc3c(C)cccn3c2N=Nc2cc(C)ccc2C)cc1. The first-order chi connectivity index (χ1) is 13.0. The van der Waals surface area contributed by atoms with Gasteiger partial charge in [0.25, 0.3) is 0 Å². The Kier molecular flexibility index (Phi) is 4.32. The van der Waals surface area contributed by atoms with Crippen LogP contribution in [0.25, 0.3) is 16.9 Å². The summed E-state index contributed by atoms with van der Waals surface area (Å²) >= 11 is 0. The minimum absolute atomic E-state index is 0.749. The fourth-order valence-corrected chi connectivity index (χ4v) is 3.12. The van der Waals surface area contributed by atoms with E-state index in [-0.39, 0.29) is 0 Å². The van der Waals surface area contributed by atoms with Crippen molar-refractivity contribution in [2.24, 2.45) is 10.2 Å². The third kappa shape index (κ3) is 3.26. The van der Waals surface area contributed by atoms with Crippen LogP contribution < -0.4 is 0 Å². The second-order valence-electron chi connectivity index (χ2n) is 7.02. The van der Waals surface area contributed by atoms with Gasteiger partial charge in [-0.3, -0.25) is 4.40 Å². The first kappa shape index (κ1) is 17.2. The highest BCUT2D eigenvalue weighted by Crippen LogP contribution is 2.33. The van der Waals surface area contributed by atoms with Crippen LogP contribution in [0.2, 0.25) is 0 Å². The van der Waals surface area contributed by atoms with Crippen molar-refractivity contribution in [3.8, 4) is 11.3 Å². The van der Waals surface area contributed by atoms with Gasteiger partial charge in [0.05, 0.1) is 5.69 Å². The van der Waals surface area contributed by atoms with Crippen LogP contribution in [-0.2, 0) is 0 Å². The van der Waals surface area contributed by atoms with Gasteiger partial charge < -0.3 is 0 Å². The van der Waals surface area contributed by atoms with E-state index in [4.69, 9.17) is 4.98 Å². The molecule has 0 amide bonds. The van der Waals surface area contributed by atoms with Crippen molar-refractivity contribution in [3.05, 3.63) is 83.0 Å². The zero-order chi connectivity index (χ0) is 19.0. The quantitative estimate of drug-likeness (QED) is 0.380. The number of hydrogen-bond donors (Lipinski definition) is 0. The summed E-state index contributed by atoms with van der Waals surface area (Å²) in [5.41, 5.74) is 8.28. The molecule has 0 aliphatic heterocycles. The van der Waals surface area contributed by atoms with Gasteiger partial charge in [-0.15, -0.1) is 10.2 Å². The lowest BCUT2D eigenvalue weighted by atomic mass is 10.1. The predicted molar refractivity (Wildman–Crippen MR) is 110 cm³/mol. The Hall–Kier alpha value is -3.27. The molecule has 0 bridgehead atoms. The summed E-state index contributed by atoms with van der Waals surface area (Å²) in [5, 5.41) is 9.19. The number of aryl methyl sites for hydroxylation is 4. The van der Waals surface area contributed by atoms with E-state index in [0.717, 1.165) is 39.5 Å². The summed E-state index contributed by atoms with van der Waals surface area (Å²) in [7, 11) is 0. The molecule has 0 saturated heterocycles. The highest BCUT2D eigenvalue weighted by atomic mass is 15.2. The maximum atomic E-state index is 4.87. The summed E-state index contributed by atoms with van der Waals surface area (Å²) in [6.45, 7) is 8.26. The normalized spacial score (nSPS) is 11.6. The summed E-state index contributed by atoms with van der Waals surface area (Å²) < 4.78 is 2.01. The molecule has 27 heavy (non-hydrogen) atoms. The van der Waals surface area contributed by atoms with Crippen molar-refractivity contribution >= 4 is 17.2 Å². The van der Waals surface area contributed by atoms with Crippen LogP contribution in [0.4, 0.5) is 11.5 Å². The van der Waals surface area contributed by atoms with Gasteiger partial charge >= 0.3 is 0 Å². The average Bonchev–Trinajstić information content (AvgIpc) is 3.03. The maximum absolute atomic E-state index is 4.87. The topological polar surface area (TPSA) is 42.0 Å². The zero-order valence-electron chi connectivity index (χ0n) is 16.1. The summed E-state index contributed by atoms with van der Waals surface area (Å²) in [6.07, 6.45) is 1.99. The first-order valence-electron chi connectivity index (χ1n) is 9.06. The molecular weight excluding hydrogens is 332 g/mol. The molecule has 0 atom stereocenters. The van der Waals surface area contributed by atoms with Crippen molar-refractivity contribution in [2.45, 2.75) is 27.7 Å². The van der Waals surface area contributed by atoms with E-state index in [1.807, 2.05) is 23.6 Å². The molecule has 4 nitrogen and oxygen atoms in total. The molecule has 4 aromatic rings. The number of hydrogen-bond acceptors (Lipinski definition) is 3. The minimum atomic E-state index is 0.749. The highest BCUT2D eigenvalue weighted by molar-refractivity contribution is 5.75. The van der Waals surface area contributed by atoms with Gasteiger partial charge in [-0.2, -0.15) is 0 Å². The van der Waals surface area contributed by atoms with Gasteiger partial charge in [0, 0.05) is 11.8 Å². The number of benzene rings is 2. The molecule has 0 aliphatic carbocycles. The molecule has 0 unspecified atom stereocenters. The standard InChI is InChI=1S/C23H22N4/c1-15-8-11-19(12-9-15)21-23(27-13-5-6-18(4)22(27)24-21)26-25-20-14-16(2)7-10-17(20)3/h5-14H,1-4H3. The van der Waals surface area contributed by atoms with Crippen molar-refractivity contribution < 1.29 is 0 Å². The van der Waals surface area contributed by atoms with Gasteiger partial charge in [-0.05, 0) is 56.5 Å². The third-order valence-electron chi connectivity index (χ3n) is 4.76. The number of aromatic nitrogens is 2. The van der Waals surface area contributed by atoms with Crippen LogP contribution in [-0.4, -0.2) is 9.38 Å². The molecule has 0 spiro atoms. The lowest BCUT2D eigenvalue weighted by molar-refractivity contribution is 1.09. The maximum Gasteiger partial charge on any atom is 0.187 e. The van der Waals surface area contributed by atoms with Crippen LogP contribution >= 0.6 is 0 Å². The average molecular weight is 354 g/mol. The molecule has 4 heteroatoms. The molecule has 2 aromatic carbocycles. The largest absolute Gasteiger partial charge is 0.282 e. The number of nitrogens with zero attached hydrogens (tertiary/aromatic N) is 4. The Morgan fingerprint density at radius 3 is 2.30 bits per heavy atom. The monoisotopic (exact) mass is 354 g/mol. The Balaban J connectivity index is 1.91. The Morgan fingerprint density at radius 1 is 0.778 bits per heavy atom. The van der Waals surface area contributed by atoms with E-state index >= 15 is 0 Å². The van der Waals surface area contributed by atoms with E-state index in [0.29, 0.717) is 0 Å². The number of pyridine rings is 1. The first-order valence-corrected chi connectivity index (χ1v) is 9.06. The Morgan fingerprint density at radius 2 is 1.52 bits per heavy atom. The molecule has 0 aliphatic rings. The number of azo groups is 1. The molecule has 4 rings (SSSR count). The van der Waals surface area contributed by atoms with Gasteiger partial charge in [-0.25, -0.2) is 4.98 Å². The number of fused-ring (bicyclic) bond motifs is 1. The van der Waals surface area contributed by atoms with E-state index in [9.17, 15) is 0 Å². The molecule has 0 saturated carbocycles. The van der Waals surface area contributed by atoms with Gasteiger partial charge in [0.1, 0.15) is 11.3 Å². The lowest BCUT2D eigenvalue weighted by Crippen LogP contribution is -1.85. The number of rotatable bonds is 3. The molecule has 2 heterocycles. The predicted octanol–water partition coefficient (Wildman–Crippen LogP) is 6.65. The van der Waals surface area contributed by atoms with E-state index in [2.05, 4.69) is 79.5 Å². The van der Waals surface area contributed by atoms with E-state index < -0.39 is 0 Å². The molecular formula is C23H22N4. The fraction of sp³-hybridized carbons (Fsp3) is 0.174. The summed E-state index contributed by atoms with van der Waals surface area (Å²) in [6, 6.07) is 18.7. The van der Waals surface area contributed by atoms with Crippen LogP contribution in [0.15, 0.2) is 71.0 Å². The van der Waals surface area contributed by atoms with Crippen LogP contribution in [0.1, 0.15) is 22.3 Å². The second kappa shape index (κ2) is 6.80. The molecule has 2 aromatic heterocycles. The van der Waals surface area contributed by atoms with Crippen LogP contribution in [0, 0.1) is 27.7 Å². The third-order valence-corrected chi connectivity index (χ3v) is 4.76. The van der Waals surface area contributed by atoms with Gasteiger partial charge in [0.2, 0.25) is 0 Å². The summed E-state index contributed by atoms with van der Waals surface area (Å²) in [4.78, 5) is 4.87. The molecule has 0 fully saturated rings. The highest BCUT2D eigenvalue weighted by Gasteiger charge is 2.15.